The third-order valence-corrected chi connectivity index (χ3v) is 7.29. The number of nitro benzene ring substituents is 1. The van der Waals surface area contributed by atoms with Crippen LogP contribution in [0.25, 0.3) is 5.69 Å². The normalized spacial score (nSPS) is 12.3. The Balaban J connectivity index is 1.34. The quantitative estimate of drug-likeness (QED) is 0.199. The van der Waals surface area contributed by atoms with Gasteiger partial charge in [-0.25, -0.2) is 4.39 Å². The Morgan fingerprint density at radius 3 is 2.64 bits per heavy atom. The van der Waals surface area contributed by atoms with Crippen molar-refractivity contribution < 1.29 is 18.9 Å². The van der Waals surface area contributed by atoms with E-state index in [9.17, 15) is 24.1 Å². The number of nitrogens with zero attached hydrogens (tertiary/aromatic N) is 5. The molecule has 0 unspecified atom stereocenters. The van der Waals surface area contributed by atoms with E-state index in [0.717, 1.165) is 17.7 Å². The van der Waals surface area contributed by atoms with E-state index < -0.39 is 16.6 Å². The maximum atomic E-state index is 13.6. The summed E-state index contributed by atoms with van der Waals surface area (Å²) in [4.78, 5) is 38.3. The van der Waals surface area contributed by atoms with Crippen LogP contribution >= 0.6 is 11.8 Å². The average molecular weight is 547 g/mol. The Kier molecular flexibility index (Phi) is 7.37. The number of fused-ring (bicyclic) bond motifs is 1. The van der Waals surface area contributed by atoms with Gasteiger partial charge in [-0.15, -0.1) is 10.2 Å². The molecule has 1 aromatic heterocycles. The van der Waals surface area contributed by atoms with Gasteiger partial charge in [-0.2, -0.15) is 0 Å². The van der Waals surface area contributed by atoms with Crippen LogP contribution in [0.4, 0.5) is 15.8 Å². The van der Waals surface area contributed by atoms with Gasteiger partial charge in [0, 0.05) is 35.1 Å². The van der Waals surface area contributed by atoms with Crippen LogP contribution in [0.3, 0.4) is 0 Å². The standard InChI is InChI=1S/C27H23FN6O4S/c1-17-6-7-19(14-23(17)34(37)38)26(36)29-15-24-30-31-27(33(24)21-10-8-20(28)9-11-21)39-16-25(35)32-13-12-18-4-2-3-5-22(18)32/h2-11,14H,12-13,15-16H2,1H3,(H,29,36). The Morgan fingerprint density at radius 2 is 1.87 bits per heavy atom. The fraction of sp³-hybridized carbons (Fsp3) is 0.185. The van der Waals surface area contributed by atoms with Crippen molar-refractivity contribution >= 4 is 35.0 Å². The molecule has 0 aliphatic carbocycles. The van der Waals surface area contributed by atoms with Gasteiger partial charge in [-0.05, 0) is 55.3 Å². The predicted molar refractivity (Wildman–Crippen MR) is 144 cm³/mol. The van der Waals surface area contributed by atoms with Gasteiger partial charge in [0.05, 0.1) is 17.2 Å². The van der Waals surface area contributed by atoms with Crippen LogP contribution in [0.15, 0.2) is 71.9 Å². The second-order valence-electron chi connectivity index (χ2n) is 8.86. The minimum absolute atomic E-state index is 0.0567. The molecule has 0 fully saturated rings. The molecule has 39 heavy (non-hydrogen) atoms. The molecule has 0 bridgehead atoms. The smallest absolute Gasteiger partial charge is 0.273 e. The summed E-state index contributed by atoms with van der Waals surface area (Å²) in [5.74, 6) is -0.566. The molecule has 3 aromatic carbocycles. The van der Waals surface area contributed by atoms with E-state index >= 15 is 0 Å². The van der Waals surface area contributed by atoms with Crippen molar-refractivity contribution in [2.75, 3.05) is 17.2 Å². The van der Waals surface area contributed by atoms with E-state index in [4.69, 9.17) is 0 Å². The number of benzene rings is 3. The first-order chi connectivity index (χ1) is 18.8. The average Bonchev–Trinajstić information content (AvgIpc) is 3.55. The number of aromatic nitrogens is 3. The van der Waals surface area contributed by atoms with Gasteiger partial charge >= 0.3 is 0 Å². The molecule has 5 rings (SSSR count). The molecule has 0 saturated carbocycles. The lowest BCUT2D eigenvalue weighted by Crippen LogP contribution is -2.30. The predicted octanol–water partition coefficient (Wildman–Crippen LogP) is 4.23. The highest BCUT2D eigenvalue weighted by Gasteiger charge is 2.25. The van der Waals surface area contributed by atoms with Crippen molar-refractivity contribution in [2.45, 2.75) is 25.0 Å². The second-order valence-corrected chi connectivity index (χ2v) is 9.81. The van der Waals surface area contributed by atoms with E-state index in [0.29, 0.717) is 28.8 Å². The van der Waals surface area contributed by atoms with E-state index in [1.807, 2.05) is 24.3 Å². The molecule has 2 heterocycles. The number of hydrogen-bond donors (Lipinski definition) is 1. The molecule has 0 atom stereocenters. The number of aryl methyl sites for hydroxylation is 1. The molecule has 1 N–H and O–H groups in total. The first-order valence-corrected chi connectivity index (χ1v) is 13.0. The summed E-state index contributed by atoms with van der Waals surface area (Å²) >= 11 is 1.19. The molecule has 198 valence electrons. The maximum absolute atomic E-state index is 13.6. The summed E-state index contributed by atoms with van der Waals surface area (Å²) in [5, 5.41) is 22.8. The van der Waals surface area contributed by atoms with Gasteiger partial charge in [0.15, 0.2) is 11.0 Å². The zero-order chi connectivity index (χ0) is 27.5. The summed E-state index contributed by atoms with van der Waals surface area (Å²) in [6.07, 6.45) is 0.798. The van der Waals surface area contributed by atoms with Gasteiger partial charge in [-0.3, -0.25) is 24.3 Å². The van der Waals surface area contributed by atoms with Crippen LogP contribution in [-0.4, -0.2) is 43.8 Å². The number of nitrogens with one attached hydrogen (secondary N) is 1. The highest BCUT2D eigenvalue weighted by molar-refractivity contribution is 7.99. The van der Waals surface area contributed by atoms with Crippen LogP contribution in [0.2, 0.25) is 0 Å². The summed E-state index contributed by atoms with van der Waals surface area (Å²) in [6.45, 7) is 2.15. The molecule has 2 amide bonds. The van der Waals surface area contributed by atoms with Crippen molar-refractivity contribution in [3.8, 4) is 5.69 Å². The Labute approximate surface area is 227 Å². The van der Waals surface area contributed by atoms with Crippen molar-refractivity contribution in [1.29, 1.82) is 0 Å². The molecular weight excluding hydrogens is 523 g/mol. The Morgan fingerprint density at radius 1 is 1.10 bits per heavy atom. The molecule has 12 heteroatoms. The zero-order valence-electron chi connectivity index (χ0n) is 20.8. The molecular formula is C27H23FN6O4S. The number of nitro groups is 1. The van der Waals surface area contributed by atoms with Crippen LogP contribution in [0.5, 0.6) is 0 Å². The van der Waals surface area contributed by atoms with E-state index in [2.05, 4.69) is 15.5 Å². The zero-order valence-corrected chi connectivity index (χ0v) is 21.7. The van der Waals surface area contributed by atoms with E-state index in [1.54, 1.807) is 28.5 Å². The SMILES string of the molecule is Cc1ccc(C(=O)NCc2nnc(SCC(=O)N3CCc4ccccc43)n2-c2ccc(F)cc2)cc1[N+](=O)[O-]. The van der Waals surface area contributed by atoms with Gasteiger partial charge in [0.1, 0.15) is 5.82 Å². The largest absolute Gasteiger partial charge is 0.345 e. The fourth-order valence-corrected chi connectivity index (χ4v) is 5.21. The molecule has 1 aliphatic heterocycles. The lowest BCUT2D eigenvalue weighted by Gasteiger charge is -2.17. The lowest BCUT2D eigenvalue weighted by atomic mass is 10.1. The number of carbonyl (C=O) groups is 2. The number of hydrogen-bond acceptors (Lipinski definition) is 7. The highest BCUT2D eigenvalue weighted by atomic mass is 32.2. The first kappa shape index (κ1) is 26.0. The number of carbonyl (C=O) groups excluding carboxylic acids is 2. The number of halogens is 1. The van der Waals surface area contributed by atoms with Gasteiger partial charge < -0.3 is 10.2 Å². The summed E-state index contributed by atoms with van der Waals surface area (Å²) < 4.78 is 15.3. The van der Waals surface area contributed by atoms with E-state index in [-0.39, 0.29) is 29.5 Å². The molecule has 4 aromatic rings. The van der Waals surface area contributed by atoms with Crippen LogP contribution in [0.1, 0.15) is 27.3 Å². The third-order valence-electron chi connectivity index (χ3n) is 6.37. The number of para-hydroxylation sites is 1. The molecule has 0 saturated heterocycles. The molecule has 0 radical (unpaired) electrons. The number of rotatable bonds is 8. The van der Waals surface area contributed by atoms with Gasteiger partial charge in [0.25, 0.3) is 11.6 Å². The molecule has 10 nitrogen and oxygen atoms in total. The van der Waals surface area contributed by atoms with Crippen LogP contribution in [0, 0.1) is 22.9 Å². The lowest BCUT2D eigenvalue weighted by molar-refractivity contribution is -0.385. The minimum Gasteiger partial charge on any atom is -0.345 e. The molecule has 1 aliphatic rings. The van der Waals surface area contributed by atoms with Crippen molar-refractivity contribution in [2.24, 2.45) is 0 Å². The maximum Gasteiger partial charge on any atom is 0.273 e. The van der Waals surface area contributed by atoms with Crippen LogP contribution < -0.4 is 10.2 Å². The Bertz CT molecular complexity index is 1570. The third kappa shape index (κ3) is 5.50. The monoisotopic (exact) mass is 546 g/mol. The van der Waals surface area contributed by atoms with Crippen molar-refractivity contribution in [3.63, 3.8) is 0 Å². The highest BCUT2D eigenvalue weighted by Crippen LogP contribution is 2.29. The van der Waals surface area contributed by atoms with Gasteiger partial charge in [0.2, 0.25) is 5.91 Å². The summed E-state index contributed by atoms with van der Waals surface area (Å²) in [7, 11) is 0. The summed E-state index contributed by atoms with van der Waals surface area (Å²) in [6, 6.07) is 17.7. The minimum atomic E-state index is -0.539. The van der Waals surface area contributed by atoms with E-state index in [1.165, 1.54) is 42.1 Å². The second kappa shape index (κ2) is 11.0. The number of thioether (sulfide) groups is 1. The Hall–Kier alpha value is -4.58. The number of anilines is 1. The first-order valence-electron chi connectivity index (χ1n) is 12.1. The topological polar surface area (TPSA) is 123 Å². The van der Waals surface area contributed by atoms with Gasteiger partial charge in [-0.1, -0.05) is 36.0 Å². The summed E-state index contributed by atoms with van der Waals surface area (Å²) in [5.41, 5.74) is 3.01. The van der Waals surface area contributed by atoms with Crippen LogP contribution in [-0.2, 0) is 17.8 Å². The van der Waals surface area contributed by atoms with Crippen molar-refractivity contribution in [3.05, 3.63) is 105 Å². The molecule has 0 spiro atoms. The fourth-order valence-electron chi connectivity index (χ4n) is 4.37. The number of amides is 2. The van der Waals surface area contributed by atoms with Crippen molar-refractivity contribution in [1.82, 2.24) is 20.1 Å².